The summed E-state index contributed by atoms with van der Waals surface area (Å²) in [4.78, 5) is 38.8. The van der Waals surface area contributed by atoms with Crippen LogP contribution in [0, 0.1) is 5.92 Å². The number of hydrogen-bond acceptors (Lipinski definition) is 9. The van der Waals surface area contributed by atoms with Crippen molar-refractivity contribution < 1.29 is 38.4 Å². The molecule has 2 aromatic rings. The van der Waals surface area contributed by atoms with Crippen molar-refractivity contribution in [2.24, 2.45) is 5.92 Å². The molecule has 2 aliphatic rings. The number of carbonyl (C=O) groups excluding carboxylic acids is 3. The van der Waals surface area contributed by atoms with Gasteiger partial charge in [-0.2, -0.15) is 0 Å². The van der Waals surface area contributed by atoms with Gasteiger partial charge in [0.25, 0.3) is 5.91 Å². The van der Waals surface area contributed by atoms with Gasteiger partial charge in [-0.25, -0.2) is 0 Å². The highest BCUT2D eigenvalue weighted by Crippen LogP contribution is 2.42. The molecule has 2 saturated heterocycles. The number of likely N-dealkylation sites (tertiary alicyclic amines) is 1. The Morgan fingerprint density at radius 2 is 1.70 bits per heavy atom. The van der Waals surface area contributed by atoms with Gasteiger partial charge >= 0.3 is 11.9 Å². The van der Waals surface area contributed by atoms with Crippen LogP contribution in [0.2, 0.25) is 0 Å². The Labute approximate surface area is 253 Å². The first-order valence-corrected chi connectivity index (χ1v) is 14.9. The topological polar surface area (TPSA) is 124 Å². The number of aliphatic hydroxyl groups is 1. The molecule has 2 N–H and O–H groups in total. The molecule has 0 unspecified atom stereocenters. The number of benzene rings is 2. The van der Waals surface area contributed by atoms with Crippen LogP contribution < -0.4 is 5.32 Å². The first-order valence-electron chi connectivity index (χ1n) is 14.9. The molecule has 1 amide bonds. The Hall–Kier alpha value is -3.31. The molecule has 4 rings (SSSR count). The van der Waals surface area contributed by atoms with E-state index in [0.717, 1.165) is 36.1 Å². The molecule has 0 aromatic heterocycles. The van der Waals surface area contributed by atoms with E-state index >= 15 is 0 Å². The number of aliphatic hydroxyl groups excluding tert-OH is 1. The highest BCUT2D eigenvalue weighted by Gasteiger charge is 2.42. The minimum Gasteiger partial charge on any atom is -0.459 e. The van der Waals surface area contributed by atoms with Crippen LogP contribution in [0.5, 0.6) is 0 Å². The van der Waals surface area contributed by atoms with Crippen molar-refractivity contribution in [2.45, 2.75) is 97.2 Å². The van der Waals surface area contributed by atoms with Gasteiger partial charge in [0.1, 0.15) is 11.6 Å². The van der Waals surface area contributed by atoms with E-state index in [4.69, 9.17) is 18.9 Å². The Bertz CT molecular complexity index is 1260. The lowest BCUT2D eigenvalue weighted by Gasteiger charge is -2.43. The van der Waals surface area contributed by atoms with E-state index in [0.29, 0.717) is 12.2 Å². The number of hydrogen-bond donors (Lipinski definition) is 2. The van der Waals surface area contributed by atoms with E-state index in [1.54, 1.807) is 12.1 Å². The van der Waals surface area contributed by atoms with E-state index in [1.165, 1.54) is 13.8 Å². The quantitative estimate of drug-likeness (QED) is 0.398. The average molecular weight is 597 g/mol. The fourth-order valence-corrected chi connectivity index (χ4v) is 5.51. The van der Waals surface area contributed by atoms with E-state index in [-0.39, 0.29) is 36.7 Å². The molecular weight excluding hydrogens is 552 g/mol. The maximum Gasteiger partial charge on any atom is 0.323 e. The average Bonchev–Trinajstić information content (AvgIpc) is 3.42. The van der Waals surface area contributed by atoms with Crippen LogP contribution >= 0.6 is 0 Å². The Morgan fingerprint density at radius 3 is 2.30 bits per heavy atom. The molecule has 0 radical (unpaired) electrons. The number of carbonyl (C=O) groups is 3. The van der Waals surface area contributed by atoms with Gasteiger partial charge in [-0.15, -0.1) is 0 Å². The van der Waals surface area contributed by atoms with Crippen molar-refractivity contribution in [3.05, 3.63) is 65.2 Å². The third-order valence-electron chi connectivity index (χ3n) is 7.74. The third-order valence-corrected chi connectivity index (χ3v) is 7.74. The molecule has 234 valence electrons. The van der Waals surface area contributed by atoms with E-state index in [1.807, 2.05) is 57.2 Å². The van der Waals surface area contributed by atoms with Gasteiger partial charge in [0, 0.05) is 30.6 Å². The first kappa shape index (κ1) is 32.6. The van der Waals surface area contributed by atoms with Crippen LogP contribution in [0.25, 0.3) is 0 Å². The van der Waals surface area contributed by atoms with Crippen molar-refractivity contribution in [2.75, 3.05) is 18.4 Å². The Kier molecular flexibility index (Phi) is 10.6. The fourth-order valence-electron chi connectivity index (χ4n) is 5.51. The lowest BCUT2D eigenvalue weighted by Crippen LogP contribution is -2.48. The predicted molar refractivity (Wildman–Crippen MR) is 160 cm³/mol. The number of nitrogens with zero attached hydrogens (tertiary/aromatic N) is 1. The van der Waals surface area contributed by atoms with Gasteiger partial charge in [0.15, 0.2) is 12.4 Å². The van der Waals surface area contributed by atoms with Gasteiger partial charge in [-0.05, 0) is 70.3 Å². The van der Waals surface area contributed by atoms with Gasteiger partial charge in [0.2, 0.25) is 0 Å². The van der Waals surface area contributed by atoms with Crippen molar-refractivity contribution >= 4 is 23.5 Å². The molecule has 10 heteroatoms. The molecule has 2 heterocycles. The predicted octanol–water partition coefficient (Wildman–Crippen LogP) is 4.67. The minimum absolute atomic E-state index is 0.0424. The van der Waals surface area contributed by atoms with E-state index < -0.39 is 29.9 Å². The normalized spacial score (nSPS) is 25.1. The van der Waals surface area contributed by atoms with Crippen molar-refractivity contribution in [3.63, 3.8) is 0 Å². The van der Waals surface area contributed by atoms with Crippen LogP contribution in [0.3, 0.4) is 0 Å². The van der Waals surface area contributed by atoms with Crippen molar-refractivity contribution in [1.82, 2.24) is 4.90 Å². The monoisotopic (exact) mass is 596 g/mol. The van der Waals surface area contributed by atoms with Crippen LogP contribution in [0.15, 0.2) is 48.5 Å². The first-order chi connectivity index (χ1) is 20.3. The van der Waals surface area contributed by atoms with Crippen LogP contribution in [0.1, 0.15) is 83.5 Å². The Morgan fingerprint density at radius 1 is 1.05 bits per heavy atom. The molecule has 0 aliphatic carbocycles. The summed E-state index contributed by atoms with van der Waals surface area (Å²) in [7, 11) is 0. The van der Waals surface area contributed by atoms with E-state index in [2.05, 4.69) is 17.1 Å². The smallest absolute Gasteiger partial charge is 0.323 e. The standard InChI is InChI=1S/C33H44N2O8/c1-20-28(18-35-17-7-8-27(35)31(39)43-33(4,5)6)41-32(42-29(20)24-11-9-23(19-36)10-12-24)25-13-15-26(16-14-25)34-30(38)21(2)40-22(3)37/h9-16,20-21,27-29,32,36H,7-8,17-19H2,1-6H3,(H,34,38)/t20-,21+,27+,28+,29+,32+/m1/s1. The molecule has 43 heavy (non-hydrogen) atoms. The lowest BCUT2D eigenvalue weighted by atomic mass is 9.90. The molecule has 2 fully saturated rings. The van der Waals surface area contributed by atoms with Crippen molar-refractivity contribution in [1.29, 1.82) is 0 Å². The highest BCUT2D eigenvalue weighted by atomic mass is 16.7. The lowest BCUT2D eigenvalue weighted by molar-refractivity contribution is -0.276. The summed E-state index contributed by atoms with van der Waals surface area (Å²) >= 11 is 0. The van der Waals surface area contributed by atoms with Gasteiger partial charge in [-0.1, -0.05) is 43.3 Å². The number of amides is 1. The highest BCUT2D eigenvalue weighted by molar-refractivity contribution is 5.94. The minimum atomic E-state index is -0.919. The SMILES string of the molecule is CC(=O)O[C@@H](C)C(=O)Nc1ccc([C@H]2O[C@@H](CN3CCC[C@H]3C(=O)OC(C)(C)C)[C@@H](C)[C@@H](c3ccc(CO)cc3)O2)cc1. The summed E-state index contributed by atoms with van der Waals surface area (Å²) in [5, 5.41) is 12.3. The number of ether oxygens (including phenoxy) is 4. The largest absolute Gasteiger partial charge is 0.459 e. The number of nitrogens with one attached hydrogen (secondary N) is 1. The zero-order valence-electron chi connectivity index (χ0n) is 25.9. The maximum atomic E-state index is 13.0. The molecule has 0 spiro atoms. The zero-order valence-corrected chi connectivity index (χ0v) is 25.9. The Balaban J connectivity index is 1.54. The molecule has 2 aliphatic heterocycles. The summed E-state index contributed by atoms with van der Waals surface area (Å²) in [6, 6.07) is 14.5. The second-order valence-electron chi connectivity index (χ2n) is 12.4. The fraction of sp³-hybridized carbons (Fsp3) is 0.545. The summed E-state index contributed by atoms with van der Waals surface area (Å²) < 4.78 is 23.8. The van der Waals surface area contributed by atoms with Gasteiger partial charge in [0.05, 0.1) is 18.8 Å². The maximum absolute atomic E-state index is 13.0. The van der Waals surface area contributed by atoms with Crippen LogP contribution in [0.4, 0.5) is 5.69 Å². The van der Waals surface area contributed by atoms with E-state index in [9.17, 15) is 19.5 Å². The third kappa shape index (κ3) is 8.63. The number of rotatable bonds is 9. The molecule has 0 saturated carbocycles. The second kappa shape index (κ2) is 14.0. The number of esters is 2. The van der Waals surface area contributed by atoms with Crippen LogP contribution in [-0.2, 0) is 39.9 Å². The zero-order chi connectivity index (χ0) is 31.3. The molecule has 2 aromatic carbocycles. The van der Waals surface area contributed by atoms with Gasteiger partial charge < -0.3 is 29.4 Å². The van der Waals surface area contributed by atoms with Crippen molar-refractivity contribution in [3.8, 4) is 0 Å². The molecule has 6 atom stereocenters. The number of anilines is 1. The summed E-state index contributed by atoms with van der Waals surface area (Å²) in [6.07, 6.45) is -0.532. The summed E-state index contributed by atoms with van der Waals surface area (Å²) in [5.41, 5.74) is 2.53. The molecule has 0 bridgehead atoms. The summed E-state index contributed by atoms with van der Waals surface area (Å²) in [5.74, 6) is -1.21. The van der Waals surface area contributed by atoms with Crippen LogP contribution in [-0.4, -0.2) is 64.8 Å². The molecule has 10 nitrogen and oxygen atoms in total. The second-order valence-corrected chi connectivity index (χ2v) is 12.4. The molecular formula is C33H44N2O8. The summed E-state index contributed by atoms with van der Waals surface area (Å²) in [6.45, 7) is 11.8. The van der Waals surface area contributed by atoms with Gasteiger partial charge in [-0.3, -0.25) is 19.3 Å².